The molecule has 1 heterocycles. The predicted molar refractivity (Wildman–Crippen MR) is 97.5 cm³/mol. The van der Waals surface area contributed by atoms with Crippen molar-refractivity contribution in [2.24, 2.45) is 0 Å². The van der Waals surface area contributed by atoms with Gasteiger partial charge in [-0.15, -0.1) is 0 Å². The third kappa shape index (κ3) is 3.67. The van der Waals surface area contributed by atoms with Gasteiger partial charge in [-0.25, -0.2) is 9.97 Å². The van der Waals surface area contributed by atoms with Gasteiger partial charge < -0.3 is 21.1 Å². The standard InChI is InChI=1S/C17H16ClN5O/c1-24-14-7-5-12(6-8-14)22-16-15(19)17(21-10-20-16)23-13-4-2-3-11(18)9-13/h2-10H,19H2,1H3,(H2,20,21,22,23). The second-order valence-electron chi connectivity index (χ2n) is 4.97. The summed E-state index contributed by atoms with van der Waals surface area (Å²) in [5.41, 5.74) is 8.21. The zero-order valence-corrected chi connectivity index (χ0v) is 13.7. The van der Waals surface area contributed by atoms with Crippen LogP contribution in [0, 0.1) is 0 Å². The average Bonchev–Trinajstić information content (AvgIpc) is 2.59. The average molecular weight is 342 g/mol. The molecule has 0 radical (unpaired) electrons. The van der Waals surface area contributed by atoms with Crippen LogP contribution in [0.2, 0.25) is 5.02 Å². The van der Waals surface area contributed by atoms with Crippen LogP contribution in [-0.4, -0.2) is 17.1 Å². The van der Waals surface area contributed by atoms with Crippen LogP contribution < -0.4 is 21.1 Å². The van der Waals surface area contributed by atoms with Crippen LogP contribution in [0.1, 0.15) is 0 Å². The van der Waals surface area contributed by atoms with Crippen molar-refractivity contribution in [1.29, 1.82) is 0 Å². The number of anilines is 5. The Kier molecular flexibility index (Phi) is 4.67. The monoisotopic (exact) mass is 341 g/mol. The van der Waals surface area contributed by atoms with Crippen molar-refractivity contribution in [1.82, 2.24) is 9.97 Å². The fourth-order valence-electron chi connectivity index (χ4n) is 2.11. The first-order valence-electron chi connectivity index (χ1n) is 7.20. The molecular weight excluding hydrogens is 326 g/mol. The lowest BCUT2D eigenvalue weighted by atomic mass is 10.3. The summed E-state index contributed by atoms with van der Waals surface area (Å²) in [5.74, 6) is 1.79. The quantitative estimate of drug-likeness (QED) is 0.644. The molecule has 122 valence electrons. The first-order chi connectivity index (χ1) is 11.7. The minimum atomic E-state index is 0.410. The van der Waals surface area contributed by atoms with E-state index in [0.29, 0.717) is 22.3 Å². The topological polar surface area (TPSA) is 85.1 Å². The number of nitrogens with zero attached hydrogens (tertiary/aromatic N) is 2. The normalized spacial score (nSPS) is 10.2. The smallest absolute Gasteiger partial charge is 0.159 e. The third-order valence-corrected chi connectivity index (χ3v) is 3.56. The van der Waals surface area contributed by atoms with Crippen LogP contribution >= 0.6 is 11.6 Å². The number of aromatic nitrogens is 2. The van der Waals surface area contributed by atoms with Crippen LogP contribution in [0.15, 0.2) is 54.9 Å². The Morgan fingerprint density at radius 1 is 0.958 bits per heavy atom. The van der Waals surface area contributed by atoms with Gasteiger partial charge in [0.1, 0.15) is 17.8 Å². The van der Waals surface area contributed by atoms with Crippen molar-refractivity contribution in [3.63, 3.8) is 0 Å². The summed E-state index contributed by atoms with van der Waals surface area (Å²) in [6, 6.07) is 14.8. The molecule has 3 aromatic rings. The highest BCUT2D eigenvalue weighted by Gasteiger charge is 2.09. The van der Waals surface area contributed by atoms with Gasteiger partial charge in [-0.05, 0) is 42.5 Å². The van der Waals surface area contributed by atoms with E-state index in [1.54, 1.807) is 19.2 Å². The Morgan fingerprint density at radius 3 is 2.25 bits per heavy atom. The zero-order valence-electron chi connectivity index (χ0n) is 13.0. The van der Waals surface area contributed by atoms with Gasteiger partial charge in [-0.3, -0.25) is 0 Å². The molecule has 0 aliphatic carbocycles. The molecule has 6 nitrogen and oxygen atoms in total. The summed E-state index contributed by atoms with van der Waals surface area (Å²) in [4.78, 5) is 8.37. The number of hydrogen-bond donors (Lipinski definition) is 3. The molecule has 3 rings (SSSR count). The minimum absolute atomic E-state index is 0.410. The Morgan fingerprint density at radius 2 is 1.62 bits per heavy atom. The number of nitrogen functional groups attached to an aromatic ring is 1. The van der Waals surface area contributed by atoms with Crippen LogP contribution in [0.5, 0.6) is 5.75 Å². The van der Waals surface area contributed by atoms with Gasteiger partial charge in [0.05, 0.1) is 7.11 Å². The second kappa shape index (κ2) is 7.06. The van der Waals surface area contributed by atoms with Crippen LogP contribution in [-0.2, 0) is 0 Å². The molecule has 0 aliphatic rings. The number of rotatable bonds is 5. The molecule has 0 unspecified atom stereocenters. The van der Waals surface area contributed by atoms with Gasteiger partial charge in [-0.2, -0.15) is 0 Å². The van der Waals surface area contributed by atoms with E-state index in [4.69, 9.17) is 22.1 Å². The third-order valence-electron chi connectivity index (χ3n) is 3.32. The van der Waals surface area contributed by atoms with E-state index >= 15 is 0 Å². The molecule has 0 saturated carbocycles. The maximum absolute atomic E-state index is 6.17. The SMILES string of the molecule is COc1ccc(Nc2ncnc(Nc3cccc(Cl)c3)c2N)cc1. The van der Waals surface area contributed by atoms with Gasteiger partial charge in [0.2, 0.25) is 0 Å². The van der Waals surface area contributed by atoms with E-state index < -0.39 is 0 Å². The molecular formula is C17H16ClN5O. The Balaban J connectivity index is 1.82. The van der Waals surface area contributed by atoms with Crippen molar-refractivity contribution in [2.75, 3.05) is 23.5 Å². The van der Waals surface area contributed by atoms with Crippen LogP contribution in [0.3, 0.4) is 0 Å². The Bertz CT molecular complexity index is 839. The zero-order chi connectivity index (χ0) is 16.9. The number of methoxy groups -OCH3 is 1. The molecule has 24 heavy (non-hydrogen) atoms. The molecule has 0 bridgehead atoms. The van der Waals surface area contributed by atoms with E-state index in [9.17, 15) is 0 Å². The van der Waals surface area contributed by atoms with E-state index in [-0.39, 0.29) is 0 Å². The summed E-state index contributed by atoms with van der Waals surface area (Å²) in [6.45, 7) is 0. The van der Waals surface area contributed by atoms with E-state index in [0.717, 1.165) is 17.1 Å². The molecule has 0 fully saturated rings. The minimum Gasteiger partial charge on any atom is -0.497 e. The molecule has 0 spiro atoms. The van der Waals surface area contributed by atoms with E-state index in [1.165, 1.54) is 6.33 Å². The van der Waals surface area contributed by atoms with Crippen molar-refractivity contribution in [2.45, 2.75) is 0 Å². The number of benzene rings is 2. The second-order valence-corrected chi connectivity index (χ2v) is 5.41. The van der Waals surface area contributed by atoms with Crippen molar-refractivity contribution < 1.29 is 4.74 Å². The van der Waals surface area contributed by atoms with Gasteiger partial charge in [0.15, 0.2) is 11.6 Å². The van der Waals surface area contributed by atoms with Crippen LogP contribution in [0.4, 0.5) is 28.7 Å². The molecule has 7 heteroatoms. The van der Waals surface area contributed by atoms with Gasteiger partial charge >= 0.3 is 0 Å². The molecule has 0 saturated heterocycles. The van der Waals surface area contributed by atoms with Crippen LogP contribution in [0.25, 0.3) is 0 Å². The number of nitrogens with two attached hydrogens (primary N) is 1. The summed E-state index contributed by atoms with van der Waals surface area (Å²) >= 11 is 5.99. The number of ether oxygens (including phenoxy) is 1. The maximum atomic E-state index is 6.17. The number of halogens is 1. The number of hydrogen-bond acceptors (Lipinski definition) is 6. The fourth-order valence-corrected chi connectivity index (χ4v) is 2.30. The predicted octanol–water partition coefficient (Wildman–Crippen LogP) is 4.21. The number of nitrogens with one attached hydrogen (secondary N) is 2. The molecule has 4 N–H and O–H groups in total. The summed E-state index contributed by atoms with van der Waals surface area (Å²) < 4.78 is 5.14. The Labute approximate surface area is 144 Å². The van der Waals surface area contributed by atoms with Crippen molar-refractivity contribution in [3.05, 3.63) is 59.9 Å². The summed E-state index contributed by atoms with van der Waals surface area (Å²) in [6.07, 6.45) is 1.44. The molecule has 0 atom stereocenters. The first-order valence-corrected chi connectivity index (χ1v) is 7.57. The van der Waals surface area contributed by atoms with Gasteiger partial charge in [-0.1, -0.05) is 17.7 Å². The highest BCUT2D eigenvalue weighted by molar-refractivity contribution is 6.30. The lowest BCUT2D eigenvalue weighted by Gasteiger charge is -2.13. The molecule has 1 aromatic heterocycles. The largest absolute Gasteiger partial charge is 0.497 e. The van der Waals surface area contributed by atoms with E-state index in [2.05, 4.69) is 20.6 Å². The molecule has 2 aromatic carbocycles. The van der Waals surface area contributed by atoms with Crippen molar-refractivity contribution >= 4 is 40.3 Å². The lowest BCUT2D eigenvalue weighted by molar-refractivity contribution is 0.415. The van der Waals surface area contributed by atoms with Crippen molar-refractivity contribution in [3.8, 4) is 5.75 Å². The fraction of sp³-hybridized carbons (Fsp3) is 0.0588. The van der Waals surface area contributed by atoms with E-state index in [1.807, 2.05) is 36.4 Å². The molecule has 0 aliphatic heterocycles. The highest BCUT2D eigenvalue weighted by Crippen LogP contribution is 2.29. The maximum Gasteiger partial charge on any atom is 0.159 e. The summed E-state index contributed by atoms with van der Waals surface area (Å²) in [7, 11) is 1.62. The highest BCUT2D eigenvalue weighted by atomic mass is 35.5. The molecule has 0 amide bonds. The first kappa shape index (κ1) is 15.9. The van der Waals surface area contributed by atoms with Gasteiger partial charge in [0.25, 0.3) is 0 Å². The van der Waals surface area contributed by atoms with Gasteiger partial charge in [0, 0.05) is 16.4 Å². The lowest BCUT2D eigenvalue weighted by Crippen LogP contribution is -2.05. The summed E-state index contributed by atoms with van der Waals surface area (Å²) in [5, 5.41) is 6.93. The Hall–Kier alpha value is -2.99.